The van der Waals surface area contributed by atoms with Gasteiger partial charge in [-0.1, -0.05) is 27.2 Å². The summed E-state index contributed by atoms with van der Waals surface area (Å²) < 4.78 is 0. The molecular formula is C14H25N3O2S. The van der Waals surface area contributed by atoms with Crippen LogP contribution in [0.15, 0.2) is 6.20 Å². The van der Waals surface area contributed by atoms with Crippen LogP contribution in [-0.4, -0.2) is 28.8 Å². The van der Waals surface area contributed by atoms with Crippen LogP contribution in [-0.2, 0) is 6.42 Å². The number of thiazole rings is 1. The van der Waals surface area contributed by atoms with Crippen LogP contribution in [0.25, 0.3) is 0 Å². The zero-order valence-electron chi connectivity index (χ0n) is 12.7. The Hall–Kier alpha value is -1.14. The van der Waals surface area contributed by atoms with E-state index in [0.29, 0.717) is 18.1 Å². The van der Waals surface area contributed by atoms with Crippen molar-refractivity contribution in [2.24, 2.45) is 5.41 Å². The van der Waals surface area contributed by atoms with Crippen molar-refractivity contribution >= 4 is 22.5 Å². The van der Waals surface area contributed by atoms with Crippen LogP contribution in [0.5, 0.6) is 0 Å². The number of rotatable bonds is 7. The summed E-state index contributed by atoms with van der Waals surface area (Å²) in [6.07, 6.45) is 4.14. The minimum absolute atomic E-state index is 0.137. The fourth-order valence-corrected chi connectivity index (χ4v) is 2.97. The first kappa shape index (κ1) is 16.9. The molecule has 0 fully saturated rings. The lowest BCUT2D eigenvalue weighted by atomic mass is 9.87. The summed E-state index contributed by atoms with van der Waals surface area (Å²) in [7, 11) is 0. The molecule has 0 bridgehead atoms. The Labute approximate surface area is 124 Å². The van der Waals surface area contributed by atoms with E-state index in [4.69, 9.17) is 0 Å². The maximum absolute atomic E-state index is 11.8. The molecule has 2 amide bonds. The highest BCUT2D eigenvalue weighted by atomic mass is 32.1. The van der Waals surface area contributed by atoms with Gasteiger partial charge < -0.3 is 10.4 Å². The second kappa shape index (κ2) is 7.59. The predicted octanol–water partition coefficient (Wildman–Crippen LogP) is 3.01. The summed E-state index contributed by atoms with van der Waals surface area (Å²) in [6, 6.07) is -0.249. The van der Waals surface area contributed by atoms with Crippen LogP contribution < -0.4 is 10.6 Å². The minimum Gasteiger partial charge on any atom is -0.393 e. The first-order valence-corrected chi connectivity index (χ1v) is 7.81. The average Bonchev–Trinajstić information content (AvgIpc) is 2.73. The van der Waals surface area contributed by atoms with Gasteiger partial charge in [-0.15, -0.1) is 11.3 Å². The van der Waals surface area contributed by atoms with Gasteiger partial charge in [-0.2, -0.15) is 0 Å². The molecule has 20 heavy (non-hydrogen) atoms. The van der Waals surface area contributed by atoms with E-state index in [-0.39, 0.29) is 17.6 Å². The Balaban J connectivity index is 2.39. The van der Waals surface area contributed by atoms with Crippen molar-refractivity contribution in [2.75, 3.05) is 11.9 Å². The van der Waals surface area contributed by atoms with Crippen molar-refractivity contribution in [1.29, 1.82) is 0 Å². The lowest BCUT2D eigenvalue weighted by Gasteiger charge is -2.26. The topological polar surface area (TPSA) is 74.2 Å². The number of carbonyl (C=O) groups is 1. The van der Waals surface area contributed by atoms with E-state index >= 15 is 0 Å². The van der Waals surface area contributed by atoms with Gasteiger partial charge in [-0.3, -0.25) is 5.32 Å². The summed E-state index contributed by atoms with van der Waals surface area (Å²) >= 11 is 1.51. The van der Waals surface area contributed by atoms with Crippen LogP contribution in [0.4, 0.5) is 9.93 Å². The molecule has 0 aliphatic rings. The highest BCUT2D eigenvalue weighted by Crippen LogP contribution is 2.22. The molecular weight excluding hydrogens is 274 g/mol. The average molecular weight is 299 g/mol. The standard InChI is InChI=1S/C14H25N3O2S/c1-5-6-11-8-15-13(20-11)17-12(19)16-9-14(3,4)7-10(2)18/h8,10,18H,5-7,9H2,1-4H3,(H2,15,16,17,19). The number of nitrogens with zero attached hydrogens (tertiary/aromatic N) is 1. The molecule has 1 heterocycles. The first-order valence-electron chi connectivity index (χ1n) is 7.00. The van der Waals surface area contributed by atoms with Crippen molar-refractivity contribution in [3.05, 3.63) is 11.1 Å². The van der Waals surface area contributed by atoms with Crippen LogP contribution in [0.1, 0.15) is 45.4 Å². The van der Waals surface area contributed by atoms with Crippen molar-refractivity contribution in [2.45, 2.75) is 53.1 Å². The van der Waals surface area contributed by atoms with Gasteiger partial charge in [-0.05, 0) is 25.2 Å². The van der Waals surface area contributed by atoms with Gasteiger partial charge in [0, 0.05) is 17.6 Å². The molecule has 1 unspecified atom stereocenters. The lowest BCUT2D eigenvalue weighted by molar-refractivity contribution is 0.129. The van der Waals surface area contributed by atoms with Crippen LogP contribution >= 0.6 is 11.3 Å². The van der Waals surface area contributed by atoms with E-state index in [0.717, 1.165) is 12.8 Å². The van der Waals surface area contributed by atoms with Gasteiger partial charge >= 0.3 is 6.03 Å². The van der Waals surface area contributed by atoms with Gasteiger partial charge in [0.05, 0.1) is 6.10 Å². The molecule has 0 aromatic carbocycles. The molecule has 3 N–H and O–H groups in total. The molecule has 114 valence electrons. The Bertz CT molecular complexity index is 430. The second-order valence-electron chi connectivity index (χ2n) is 5.91. The molecule has 0 aliphatic carbocycles. The lowest BCUT2D eigenvalue weighted by Crippen LogP contribution is -2.38. The second-order valence-corrected chi connectivity index (χ2v) is 7.02. The Kier molecular flexibility index (Phi) is 6.42. The molecule has 1 aromatic rings. The summed E-state index contributed by atoms with van der Waals surface area (Å²) in [4.78, 5) is 17.1. The number of amides is 2. The molecule has 0 radical (unpaired) electrons. The van der Waals surface area contributed by atoms with Crippen molar-refractivity contribution in [1.82, 2.24) is 10.3 Å². The molecule has 6 heteroatoms. The fourth-order valence-electron chi connectivity index (χ4n) is 2.06. The minimum atomic E-state index is -0.370. The molecule has 5 nitrogen and oxygen atoms in total. The van der Waals surface area contributed by atoms with Crippen LogP contribution in [0, 0.1) is 5.41 Å². The Morgan fingerprint density at radius 2 is 2.25 bits per heavy atom. The van der Waals surface area contributed by atoms with E-state index in [1.807, 2.05) is 13.8 Å². The first-order chi connectivity index (χ1) is 9.32. The van der Waals surface area contributed by atoms with E-state index in [9.17, 15) is 9.90 Å². The molecule has 1 atom stereocenters. The summed E-state index contributed by atoms with van der Waals surface area (Å²) in [5.41, 5.74) is -0.137. The number of urea groups is 1. The Morgan fingerprint density at radius 3 is 2.85 bits per heavy atom. The largest absolute Gasteiger partial charge is 0.393 e. The molecule has 0 saturated heterocycles. The monoisotopic (exact) mass is 299 g/mol. The highest BCUT2D eigenvalue weighted by molar-refractivity contribution is 7.15. The summed E-state index contributed by atoms with van der Waals surface area (Å²) in [5.74, 6) is 0. The van der Waals surface area contributed by atoms with Gasteiger partial charge in [0.2, 0.25) is 0 Å². The van der Waals surface area contributed by atoms with E-state index < -0.39 is 0 Å². The van der Waals surface area contributed by atoms with Gasteiger partial charge in [0.25, 0.3) is 0 Å². The van der Waals surface area contributed by atoms with Gasteiger partial charge in [0.1, 0.15) is 0 Å². The van der Waals surface area contributed by atoms with Crippen molar-refractivity contribution < 1.29 is 9.90 Å². The van der Waals surface area contributed by atoms with E-state index in [2.05, 4.69) is 22.5 Å². The molecule has 1 aromatic heterocycles. The van der Waals surface area contributed by atoms with Crippen molar-refractivity contribution in [3.63, 3.8) is 0 Å². The molecule has 1 rings (SSSR count). The third-order valence-corrected chi connectivity index (χ3v) is 3.82. The number of aryl methyl sites for hydroxylation is 1. The van der Waals surface area contributed by atoms with Crippen LogP contribution in [0.2, 0.25) is 0 Å². The number of nitrogens with one attached hydrogen (secondary N) is 2. The number of anilines is 1. The molecule has 0 saturated carbocycles. The van der Waals surface area contributed by atoms with Gasteiger partial charge in [0.15, 0.2) is 5.13 Å². The number of hydrogen-bond acceptors (Lipinski definition) is 4. The van der Waals surface area contributed by atoms with E-state index in [1.54, 1.807) is 13.1 Å². The number of aliphatic hydroxyl groups is 1. The van der Waals surface area contributed by atoms with Crippen LogP contribution in [0.3, 0.4) is 0 Å². The number of hydrogen-bond donors (Lipinski definition) is 3. The van der Waals surface area contributed by atoms with Gasteiger partial charge in [-0.25, -0.2) is 9.78 Å². The summed E-state index contributed by atoms with van der Waals surface area (Å²) in [6.45, 7) is 8.42. The SMILES string of the molecule is CCCc1cnc(NC(=O)NCC(C)(C)CC(C)O)s1. The third-order valence-electron chi connectivity index (χ3n) is 2.85. The number of aromatic nitrogens is 1. The third kappa shape index (κ3) is 6.34. The number of aliphatic hydroxyl groups excluding tert-OH is 1. The normalized spacial score (nSPS) is 13.1. The van der Waals surface area contributed by atoms with E-state index in [1.165, 1.54) is 16.2 Å². The zero-order chi connectivity index (χ0) is 15.2. The van der Waals surface area contributed by atoms with Crippen molar-refractivity contribution in [3.8, 4) is 0 Å². The maximum Gasteiger partial charge on any atom is 0.321 e. The molecule has 0 spiro atoms. The Morgan fingerprint density at radius 1 is 1.55 bits per heavy atom. The highest BCUT2D eigenvalue weighted by Gasteiger charge is 2.21. The maximum atomic E-state index is 11.8. The number of carbonyl (C=O) groups excluding carboxylic acids is 1. The predicted molar refractivity (Wildman–Crippen MR) is 83.2 cm³/mol. The fraction of sp³-hybridized carbons (Fsp3) is 0.714. The molecule has 0 aliphatic heterocycles. The smallest absolute Gasteiger partial charge is 0.321 e. The quantitative estimate of drug-likeness (QED) is 0.724. The zero-order valence-corrected chi connectivity index (χ0v) is 13.5. The summed E-state index contributed by atoms with van der Waals surface area (Å²) in [5, 5.41) is 15.6.